The molecule has 1 unspecified atom stereocenters. The highest BCUT2D eigenvalue weighted by molar-refractivity contribution is 7.99. The Morgan fingerprint density at radius 1 is 1.14 bits per heavy atom. The molecule has 0 saturated carbocycles. The fraction of sp³-hybridized carbons (Fsp3) is 0.200. The number of nitrogens with zero attached hydrogens (tertiary/aromatic N) is 1. The summed E-state index contributed by atoms with van der Waals surface area (Å²) in [6.45, 7) is 1.76. The van der Waals surface area contributed by atoms with E-state index in [0.717, 1.165) is 20.4 Å². The maximum absolute atomic E-state index is 11.3. The summed E-state index contributed by atoms with van der Waals surface area (Å²) in [5.41, 5.74) is 2.01. The van der Waals surface area contributed by atoms with E-state index in [9.17, 15) is 19.6 Å². The predicted octanol–water partition coefficient (Wildman–Crippen LogP) is 3.96. The van der Waals surface area contributed by atoms with Crippen molar-refractivity contribution in [3.63, 3.8) is 0 Å². The van der Waals surface area contributed by atoms with E-state index in [-0.39, 0.29) is 12.1 Å². The topological polar surface area (TPSA) is 81.0 Å². The molecule has 2 aromatic rings. The highest BCUT2D eigenvalue weighted by Crippen LogP contribution is 2.51. The van der Waals surface area contributed by atoms with Crippen LogP contribution in [0.15, 0.2) is 52.3 Å². The normalized spacial score (nSPS) is 15.2. The second kappa shape index (κ2) is 5.72. The molecule has 1 aliphatic heterocycles. The Morgan fingerprint density at radius 2 is 1.82 bits per heavy atom. The average molecular weight is 337 g/mol. The molecule has 0 fully saturated rings. The number of hydrogen-bond acceptors (Lipinski definition) is 4. The Morgan fingerprint density at radius 3 is 2.55 bits per heavy atom. The lowest BCUT2D eigenvalue weighted by atomic mass is 10.0. The molecule has 22 heavy (non-hydrogen) atoms. The summed E-state index contributed by atoms with van der Waals surface area (Å²) in [6.07, 6.45) is -0.246. The molecule has 1 heterocycles. The summed E-state index contributed by atoms with van der Waals surface area (Å²) >= 11 is 1.54. The highest BCUT2D eigenvalue weighted by atomic mass is 32.2. The van der Waals surface area contributed by atoms with Gasteiger partial charge in [-0.1, -0.05) is 43.0 Å². The van der Waals surface area contributed by atoms with Crippen LogP contribution in [0.4, 0.5) is 11.4 Å². The molecule has 1 atom stereocenters. The zero-order valence-corrected chi connectivity index (χ0v) is 13.6. The van der Waals surface area contributed by atoms with Crippen molar-refractivity contribution in [1.82, 2.24) is 0 Å². The molecule has 0 aliphatic carbocycles. The van der Waals surface area contributed by atoms with Crippen molar-refractivity contribution in [2.24, 2.45) is 0 Å². The van der Waals surface area contributed by atoms with Crippen molar-refractivity contribution in [3.05, 3.63) is 48.0 Å². The summed E-state index contributed by atoms with van der Waals surface area (Å²) in [5.74, 6) is -0.365. The van der Waals surface area contributed by atoms with Gasteiger partial charge in [-0.3, -0.25) is 9.77 Å². The molecule has 3 rings (SSSR count). The molecule has 0 radical (unpaired) electrons. The van der Waals surface area contributed by atoms with Crippen molar-refractivity contribution in [2.45, 2.75) is 22.6 Å². The van der Waals surface area contributed by atoms with Crippen molar-refractivity contribution >= 4 is 30.7 Å². The largest absolute Gasteiger partial charge is 0.326 e. The van der Waals surface area contributed by atoms with Crippen LogP contribution in [-0.4, -0.2) is 21.2 Å². The van der Waals surface area contributed by atoms with Gasteiger partial charge in [0.15, 0.2) is 0 Å². The first-order chi connectivity index (χ1) is 10.4. The van der Waals surface area contributed by atoms with Crippen LogP contribution in [0.2, 0.25) is 0 Å². The minimum Gasteiger partial charge on any atom is -0.324 e. The Balaban J connectivity index is 2.06. The standard InChI is InChI=1S/C15H16NO4PS/c1-10(9-21(18,19)20)11-5-4-8-14-15(11)16(17)12-6-2-3-7-13(12)22-14/h2-8,10,17H,9H2,1H3,(H2,18,19,20). The molecule has 116 valence electrons. The maximum atomic E-state index is 11.3. The molecular weight excluding hydrogens is 321 g/mol. The van der Waals surface area contributed by atoms with Gasteiger partial charge >= 0.3 is 7.60 Å². The van der Waals surface area contributed by atoms with Crippen LogP contribution in [0.5, 0.6) is 0 Å². The van der Waals surface area contributed by atoms with E-state index in [1.54, 1.807) is 24.8 Å². The van der Waals surface area contributed by atoms with Gasteiger partial charge in [0, 0.05) is 9.79 Å². The van der Waals surface area contributed by atoms with Gasteiger partial charge in [0.25, 0.3) is 0 Å². The summed E-state index contributed by atoms with van der Waals surface area (Å²) in [7, 11) is -4.12. The van der Waals surface area contributed by atoms with Crippen LogP contribution in [0.3, 0.4) is 0 Å². The zero-order valence-electron chi connectivity index (χ0n) is 11.9. The third kappa shape index (κ3) is 2.93. The fourth-order valence-corrected chi connectivity index (χ4v) is 4.66. The lowest BCUT2D eigenvalue weighted by Gasteiger charge is -2.30. The molecule has 5 nitrogen and oxygen atoms in total. The first-order valence-electron chi connectivity index (χ1n) is 6.80. The van der Waals surface area contributed by atoms with Gasteiger partial charge in [-0.15, -0.1) is 0 Å². The second-order valence-electron chi connectivity index (χ2n) is 5.32. The van der Waals surface area contributed by atoms with E-state index in [1.807, 2.05) is 36.4 Å². The second-order valence-corrected chi connectivity index (χ2v) is 8.10. The molecule has 7 heteroatoms. The van der Waals surface area contributed by atoms with Crippen LogP contribution < -0.4 is 5.06 Å². The van der Waals surface area contributed by atoms with Crippen molar-refractivity contribution in [1.29, 1.82) is 0 Å². The van der Waals surface area contributed by atoms with Gasteiger partial charge in [-0.2, -0.15) is 0 Å². The Bertz CT molecular complexity index is 761. The number of hydrogen-bond donors (Lipinski definition) is 3. The lowest BCUT2D eigenvalue weighted by molar-refractivity contribution is 0.294. The number of rotatable bonds is 3. The smallest absolute Gasteiger partial charge is 0.324 e. The van der Waals surface area contributed by atoms with Crippen LogP contribution >= 0.6 is 19.4 Å². The minimum atomic E-state index is -4.12. The van der Waals surface area contributed by atoms with Crippen LogP contribution in [0, 0.1) is 0 Å². The van der Waals surface area contributed by atoms with Gasteiger partial charge in [0.2, 0.25) is 0 Å². The fourth-order valence-electron chi connectivity index (χ4n) is 2.66. The number of fused-ring (bicyclic) bond motifs is 2. The summed E-state index contributed by atoms with van der Waals surface area (Å²) in [4.78, 5) is 20.2. The molecule has 0 saturated heterocycles. The monoisotopic (exact) mass is 337 g/mol. The zero-order chi connectivity index (χ0) is 15.9. The summed E-state index contributed by atoms with van der Waals surface area (Å²) < 4.78 is 11.3. The van der Waals surface area contributed by atoms with Crippen LogP contribution in [0.25, 0.3) is 0 Å². The van der Waals surface area contributed by atoms with E-state index in [0.29, 0.717) is 11.4 Å². The van der Waals surface area contributed by atoms with Gasteiger partial charge in [0.1, 0.15) is 0 Å². The van der Waals surface area contributed by atoms with Gasteiger partial charge < -0.3 is 9.79 Å². The number of benzene rings is 2. The van der Waals surface area contributed by atoms with Gasteiger partial charge in [-0.25, -0.2) is 5.06 Å². The molecule has 0 spiro atoms. The first-order valence-corrected chi connectivity index (χ1v) is 9.41. The Hall–Kier alpha value is -1.30. The van der Waals surface area contributed by atoms with Crippen molar-refractivity contribution in [2.75, 3.05) is 11.2 Å². The number of para-hydroxylation sites is 2. The third-order valence-electron chi connectivity index (χ3n) is 3.60. The Labute approximate surface area is 132 Å². The van der Waals surface area contributed by atoms with Crippen molar-refractivity contribution in [3.8, 4) is 0 Å². The predicted molar refractivity (Wildman–Crippen MR) is 86.3 cm³/mol. The third-order valence-corrected chi connectivity index (χ3v) is 5.74. The SMILES string of the molecule is CC(CP(=O)(O)O)c1cccc2c1N(O)c1ccccc1S2. The van der Waals surface area contributed by atoms with Gasteiger partial charge in [0.05, 0.1) is 17.5 Å². The average Bonchev–Trinajstić information content (AvgIpc) is 2.45. The van der Waals surface area contributed by atoms with Crippen LogP contribution in [0.1, 0.15) is 18.4 Å². The van der Waals surface area contributed by atoms with E-state index in [4.69, 9.17) is 0 Å². The van der Waals surface area contributed by atoms with Gasteiger partial charge in [-0.05, 0) is 29.7 Å². The molecule has 0 amide bonds. The summed E-state index contributed by atoms with van der Waals surface area (Å²) in [6, 6.07) is 13.0. The molecule has 0 bridgehead atoms. The lowest BCUT2D eigenvalue weighted by Crippen LogP contribution is -2.18. The summed E-state index contributed by atoms with van der Waals surface area (Å²) in [5, 5.41) is 11.7. The maximum Gasteiger partial charge on any atom is 0.326 e. The van der Waals surface area contributed by atoms with Crippen LogP contribution in [-0.2, 0) is 4.57 Å². The molecule has 3 N–H and O–H groups in total. The van der Waals surface area contributed by atoms with E-state index >= 15 is 0 Å². The van der Waals surface area contributed by atoms with Crippen molar-refractivity contribution < 1.29 is 19.6 Å². The molecular formula is C15H16NO4PS. The highest BCUT2D eigenvalue weighted by Gasteiger charge is 2.28. The minimum absolute atomic E-state index is 0.246. The van der Waals surface area contributed by atoms with E-state index in [1.165, 1.54) is 0 Å². The number of anilines is 2. The van der Waals surface area contributed by atoms with E-state index in [2.05, 4.69) is 0 Å². The molecule has 2 aromatic carbocycles. The quantitative estimate of drug-likeness (QED) is 0.736. The van der Waals surface area contributed by atoms with E-state index < -0.39 is 7.60 Å². The molecule has 0 aromatic heterocycles. The molecule has 1 aliphatic rings. The first kappa shape index (κ1) is 15.6. The Kier molecular flexibility index (Phi) is 4.05.